The smallest absolute Gasteiger partial charge is 0.440 e. The second-order valence-electron chi connectivity index (χ2n) is 36.6. The number of hydrogen-bond donors (Lipinski definition) is 0. The Morgan fingerprint density at radius 3 is 0.902 bits per heavy atom. The van der Waals surface area contributed by atoms with Crippen LogP contribution in [0.25, 0.3) is 0 Å². The Morgan fingerprint density at radius 2 is 0.593 bits per heavy atom. The summed E-state index contributed by atoms with van der Waals surface area (Å²) >= 11 is 0. The molecule has 0 aromatic rings. The van der Waals surface area contributed by atoms with E-state index in [0.717, 1.165) is 45.1 Å². The van der Waals surface area contributed by atoms with Gasteiger partial charge in [-0.25, -0.2) is 0 Å². The molecule has 0 spiro atoms. The van der Waals surface area contributed by atoms with E-state index in [1.807, 2.05) is 90.8 Å². The summed E-state index contributed by atoms with van der Waals surface area (Å²) in [7, 11) is -31.8. The molecule has 0 bridgehead atoms. The first-order chi connectivity index (χ1) is 56.1. The topological polar surface area (TPSA) is 333 Å². The highest BCUT2D eigenvalue weighted by Crippen LogP contribution is 2.36. The number of ether oxygens (including phenoxy) is 6. The normalized spacial score (nSPS) is 18.7. The van der Waals surface area contributed by atoms with Gasteiger partial charge in [0, 0.05) is 130 Å². The lowest BCUT2D eigenvalue weighted by atomic mass is 10.5. The predicted molar refractivity (Wildman–Crippen MR) is 528 cm³/mol. The standard InChI is InChI=1S/C22H58O10Si7.C21H46O11Si4.C13H36O7Si5.C11H34O7Si5/c1-23-39(24-2,25-3)19-18-38(14,30-35(8,9)10)32-36(11,12)31-37(13,29-33(4)28-34(5,6)7)17-15-16-26-20-22-21-27-22;1-9-34(8,32-36(24-4,25-5)15-11-13-27-17-21-19-29-21)30-33(6,7)31-35(22-2,23-3)14-10-12-26-16-20-18-28-20;1-13-21(5,6)17-22(7,8)18-23(9,10)19-24(11,12)20-25(14-2,15-3)16-4;1-12-23(13-2,14-3)18-22(10,11)17-21(8,9)16-20(6,7)15-19(4)5/h22,33H,15-21H2,1-14H3;9,20-21H,1,10-19H2,2-8H3;13H,1H2,2-12H3;19H,1-11H3. The van der Waals surface area contributed by atoms with Gasteiger partial charge >= 0.3 is 139 Å². The first kappa shape index (κ1) is 126. The third-order valence-corrected chi connectivity index (χ3v) is 90.7. The minimum Gasteiger partial charge on any atom is -0.440 e. The Bertz CT molecular complexity index is 2870. The Hall–Kier alpha value is 2.63. The molecule has 3 aliphatic rings. The Labute approximate surface area is 768 Å². The van der Waals surface area contributed by atoms with Crippen molar-refractivity contribution in [3.8, 4) is 0 Å². The van der Waals surface area contributed by atoms with Crippen molar-refractivity contribution in [1.82, 2.24) is 0 Å². The van der Waals surface area contributed by atoms with Crippen molar-refractivity contribution in [3.05, 3.63) is 24.6 Å². The van der Waals surface area contributed by atoms with Gasteiger partial charge in [0.05, 0.1) is 39.6 Å². The Morgan fingerprint density at radius 1 is 0.285 bits per heavy atom. The molecule has 3 aliphatic heterocycles. The van der Waals surface area contributed by atoms with Gasteiger partial charge in [-0.15, -0.1) is 13.2 Å². The third-order valence-electron chi connectivity index (χ3n) is 17.3. The first-order valence-electron chi connectivity index (χ1n) is 42.2. The highest BCUT2D eigenvalue weighted by Gasteiger charge is 2.57. The molecular weight excluding hydrogens is 1950 g/mol. The molecule has 0 amide bonds. The summed E-state index contributed by atoms with van der Waals surface area (Å²) in [6.45, 7) is 76.1. The van der Waals surface area contributed by atoms with Gasteiger partial charge in [-0.2, -0.15) is 0 Å². The Kier molecular flexibility index (Phi) is 56.5. The van der Waals surface area contributed by atoms with Crippen LogP contribution in [0.4, 0.5) is 0 Å². The van der Waals surface area contributed by atoms with Crippen molar-refractivity contribution in [2.75, 3.05) is 152 Å². The van der Waals surface area contributed by atoms with E-state index in [2.05, 4.69) is 124 Å². The van der Waals surface area contributed by atoms with E-state index in [9.17, 15) is 0 Å². The third kappa shape index (κ3) is 55.6. The lowest BCUT2D eigenvalue weighted by Crippen LogP contribution is -2.61. The van der Waals surface area contributed by atoms with Crippen molar-refractivity contribution in [2.24, 2.45) is 0 Å². The van der Waals surface area contributed by atoms with Gasteiger partial charge in [-0.1, -0.05) is 11.4 Å². The van der Waals surface area contributed by atoms with Gasteiger partial charge < -0.3 is 152 Å². The zero-order valence-electron chi connectivity index (χ0n) is 84.3. The minimum absolute atomic E-state index is 0.241. The quantitative estimate of drug-likeness (QED) is 0.0310. The maximum atomic E-state index is 6.99. The number of epoxide rings is 3. The van der Waals surface area contributed by atoms with E-state index in [-0.39, 0.29) is 18.3 Å². The second-order valence-corrected chi connectivity index (χ2v) is 109. The molecule has 35 nitrogen and oxygen atoms in total. The van der Waals surface area contributed by atoms with Crippen LogP contribution in [0.3, 0.4) is 0 Å². The molecule has 0 aliphatic carbocycles. The lowest BCUT2D eigenvalue weighted by molar-refractivity contribution is 0.0392. The largest absolute Gasteiger partial charge is 0.669 e. The Balaban J connectivity index is 0.00000165. The zero-order valence-corrected chi connectivity index (χ0v) is 106. The fourth-order valence-electron chi connectivity index (χ4n) is 13.4. The maximum Gasteiger partial charge on any atom is 0.669 e. The van der Waals surface area contributed by atoms with Gasteiger partial charge in [0.25, 0.3) is 9.28 Å². The van der Waals surface area contributed by atoms with Crippen molar-refractivity contribution >= 4 is 182 Å². The van der Waals surface area contributed by atoms with E-state index >= 15 is 0 Å². The van der Waals surface area contributed by atoms with Gasteiger partial charge in [-0.3, -0.25) is 0 Å². The summed E-state index contributed by atoms with van der Waals surface area (Å²) < 4.78 is 208. The fourth-order valence-corrected chi connectivity index (χ4v) is 98.3. The van der Waals surface area contributed by atoms with E-state index in [1.54, 1.807) is 55.5 Å². The van der Waals surface area contributed by atoms with Crippen LogP contribution in [0.1, 0.15) is 19.3 Å². The molecule has 0 N–H and O–H groups in total. The lowest BCUT2D eigenvalue weighted by Gasteiger charge is -2.43. The maximum absolute atomic E-state index is 6.99. The van der Waals surface area contributed by atoms with Crippen LogP contribution >= 0.6 is 0 Å². The molecular formula is C67H174O35Si21. The molecule has 7 unspecified atom stereocenters. The zero-order chi connectivity index (χ0) is 95.6. The summed E-state index contributed by atoms with van der Waals surface area (Å²) in [4.78, 5) is 0. The van der Waals surface area contributed by atoms with Crippen LogP contribution in [0.2, 0.25) is 227 Å². The monoisotopic (exact) mass is 2130 g/mol. The highest BCUT2D eigenvalue weighted by atomic mass is 28.5. The van der Waals surface area contributed by atoms with Crippen molar-refractivity contribution in [3.63, 3.8) is 0 Å². The molecule has 0 radical (unpaired) electrons. The highest BCUT2D eigenvalue weighted by molar-refractivity contribution is 6.93. The average Bonchev–Trinajstić information content (AvgIpc) is 1.81. The van der Waals surface area contributed by atoms with Gasteiger partial charge in [0.2, 0.25) is 0 Å². The minimum atomic E-state index is -3.18. The molecule has 736 valence electrons. The van der Waals surface area contributed by atoms with E-state index in [0.29, 0.717) is 63.8 Å². The number of hydrogen-bond acceptors (Lipinski definition) is 35. The van der Waals surface area contributed by atoms with Crippen molar-refractivity contribution < 1.29 is 152 Å². The van der Waals surface area contributed by atoms with E-state index in [4.69, 9.17) is 152 Å². The summed E-state index contributed by atoms with van der Waals surface area (Å²) in [5, 5.41) is 0. The van der Waals surface area contributed by atoms with Crippen LogP contribution in [0, 0.1) is 0 Å². The summed E-state index contributed by atoms with van der Waals surface area (Å²) in [5.74, 6) is 0. The van der Waals surface area contributed by atoms with E-state index < -0.39 is 182 Å². The van der Waals surface area contributed by atoms with Gasteiger partial charge in [0.15, 0.2) is 34.0 Å². The molecule has 3 heterocycles. The van der Waals surface area contributed by atoms with Crippen LogP contribution in [-0.2, 0) is 152 Å². The van der Waals surface area contributed by atoms with Crippen molar-refractivity contribution in [1.29, 1.82) is 0 Å². The molecule has 56 heteroatoms. The van der Waals surface area contributed by atoms with E-state index in [1.165, 1.54) is 42.7 Å². The van der Waals surface area contributed by atoms with Crippen LogP contribution in [-0.4, -0.2) is 352 Å². The molecule has 123 heavy (non-hydrogen) atoms. The average molecular weight is 2130 g/mol. The molecule has 3 rings (SSSR count). The van der Waals surface area contributed by atoms with Gasteiger partial charge in [-0.05, 0) is 228 Å². The van der Waals surface area contributed by atoms with Crippen LogP contribution in [0.5, 0.6) is 0 Å². The van der Waals surface area contributed by atoms with Crippen LogP contribution in [0.15, 0.2) is 24.6 Å². The fraction of sp³-hybridized carbons (Fsp3) is 0.940. The molecule has 0 aromatic carbocycles. The number of rotatable bonds is 68. The first-order valence-corrected chi connectivity index (χ1v) is 96.0. The summed E-state index contributed by atoms with van der Waals surface area (Å²) in [6.07, 6.45) is 3.09. The summed E-state index contributed by atoms with van der Waals surface area (Å²) in [6, 6.07) is 3.33. The predicted octanol–water partition coefficient (Wildman–Crippen LogP) is 13.7. The molecule has 3 fully saturated rings. The molecule has 3 saturated heterocycles. The SMILES string of the molecule is C=C[Si](C)(C)O[Si](C)(C)O[Si](C)(C)O[Si](C)(C)O[Si](OC)(OC)OC.C=C[Si](C)(O[Si](C)(C)O[Si](CCCOCC1CO1)(OC)OC)O[Si](CCCOCC1CO1)(OC)OC.CO[Si](CC[Si](C)(O[Si](C)(C)C)O[Si](C)(C)O[Si](C)(CCCOCC1CO1)O[SiH](C)O[Si](C)(C)C)(OC)OC.CO[Si](OC)(OC)O[Si](C)(C)O[Si](C)(C)O[Si](C)(C)O[SiH](C)C. The molecule has 7 atom stereocenters. The second kappa shape index (κ2) is 55.3. The summed E-state index contributed by atoms with van der Waals surface area (Å²) in [5.41, 5.74) is 3.65. The molecule has 0 saturated carbocycles. The van der Waals surface area contributed by atoms with Crippen molar-refractivity contribution in [2.45, 2.75) is 264 Å². The molecule has 0 aromatic heterocycles. The van der Waals surface area contributed by atoms with Crippen LogP contribution < -0.4 is 0 Å². The van der Waals surface area contributed by atoms with Gasteiger partial charge in [0.1, 0.15) is 18.3 Å².